The fourth-order valence-electron chi connectivity index (χ4n) is 1.35. The number of ether oxygens (including phenoxy) is 1. The first kappa shape index (κ1) is 15.6. The van der Waals surface area contributed by atoms with Crippen LogP contribution in [0, 0.1) is 0 Å². The molecular weight excluding hydrogens is 280 g/mol. The molecule has 0 amide bonds. The molecule has 3 nitrogen and oxygen atoms in total. The van der Waals surface area contributed by atoms with E-state index in [0.29, 0.717) is 6.07 Å². The van der Waals surface area contributed by atoms with Gasteiger partial charge in [0.1, 0.15) is 5.75 Å². The van der Waals surface area contributed by atoms with Gasteiger partial charge in [-0.15, -0.1) is 13.2 Å². The Hall–Kier alpha value is -1.48. The number of alkyl halides is 6. The predicted octanol–water partition coefficient (Wildman–Crippen LogP) is 2.29. The van der Waals surface area contributed by atoms with E-state index in [-0.39, 0.29) is 0 Å². The highest BCUT2D eigenvalue weighted by molar-refractivity contribution is 5.33. The molecule has 1 unspecified atom stereocenters. The van der Waals surface area contributed by atoms with Gasteiger partial charge in [0.15, 0.2) is 5.60 Å². The standard InChI is InChI=1S/C10H9F6NO2/c11-9(12,13)8(18,5-17)6-2-1-3-7(4-6)19-10(14,15)16/h1-4,18H,5,17H2. The summed E-state index contributed by atoms with van der Waals surface area (Å²) in [4.78, 5) is 0. The van der Waals surface area contributed by atoms with Gasteiger partial charge in [-0.3, -0.25) is 0 Å². The molecule has 0 fully saturated rings. The molecule has 0 aliphatic rings. The second-order valence-electron chi connectivity index (χ2n) is 3.64. The molecule has 0 bridgehead atoms. The van der Waals surface area contributed by atoms with Gasteiger partial charge in [-0.2, -0.15) is 13.2 Å². The van der Waals surface area contributed by atoms with Crippen molar-refractivity contribution in [2.75, 3.05) is 6.54 Å². The molecule has 108 valence electrons. The van der Waals surface area contributed by atoms with E-state index >= 15 is 0 Å². The second-order valence-corrected chi connectivity index (χ2v) is 3.64. The Morgan fingerprint density at radius 2 is 1.68 bits per heavy atom. The number of benzene rings is 1. The van der Waals surface area contributed by atoms with Crippen LogP contribution >= 0.6 is 0 Å². The Morgan fingerprint density at radius 3 is 2.11 bits per heavy atom. The van der Waals surface area contributed by atoms with Gasteiger partial charge in [0.2, 0.25) is 0 Å². The first-order chi connectivity index (χ1) is 8.49. The Labute approximate surface area is 103 Å². The highest BCUT2D eigenvalue weighted by Crippen LogP contribution is 2.39. The van der Waals surface area contributed by atoms with Crippen molar-refractivity contribution in [2.24, 2.45) is 5.73 Å². The molecule has 1 aromatic rings. The predicted molar refractivity (Wildman–Crippen MR) is 52.1 cm³/mol. The highest BCUT2D eigenvalue weighted by Gasteiger charge is 2.54. The van der Waals surface area contributed by atoms with Crippen molar-refractivity contribution in [2.45, 2.75) is 18.1 Å². The molecule has 0 saturated carbocycles. The molecule has 3 N–H and O–H groups in total. The molecule has 1 atom stereocenters. The van der Waals surface area contributed by atoms with Gasteiger partial charge < -0.3 is 15.6 Å². The van der Waals surface area contributed by atoms with E-state index in [0.717, 1.165) is 18.2 Å². The van der Waals surface area contributed by atoms with E-state index in [1.54, 1.807) is 0 Å². The van der Waals surface area contributed by atoms with Crippen LogP contribution in [0.2, 0.25) is 0 Å². The molecule has 0 aromatic heterocycles. The lowest BCUT2D eigenvalue weighted by Crippen LogP contribution is -2.48. The molecule has 19 heavy (non-hydrogen) atoms. The maximum absolute atomic E-state index is 12.7. The van der Waals surface area contributed by atoms with Crippen LogP contribution in [0.4, 0.5) is 26.3 Å². The SMILES string of the molecule is NCC(O)(c1cccc(OC(F)(F)F)c1)C(F)(F)F. The fraction of sp³-hybridized carbons (Fsp3) is 0.400. The normalized spacial score (nSPS) is 16.0. The van der Waals surface area contributed by atoms with Gasteiger partial charge in [-0.05, 0) is 17.7 Å². The van der Waals surface area contributed by atoms with Gasteiger partial charge >= 0.3 is 12.5 Å². The van der Waals surface area contributed by atoms with Crippen molar-refractivity contribution in [3.8, 4) is 5.75 Å². The van der Waals surface area contributed by atoms with Gasteiger partial charge in [0.25, 0.3) is 0 Å². The number of halogens is 6. The van der Waals surface area contributed by atoms with Crippen LogP contribution in [0.3, 0.4) is 0 Å². The van der Waals surface area contributed by atoms with E-state index in [2.05, 4.69) is 4.74 Å². The average molecular weight is 289 g/mol. The zero-order valence-electron chi connectivity index (χ0n) is 9.22. The van der Waals surface area contributed by atoms with Crippen LogP contribution in [0.1, 0.15) is 5.56 Å². The van der Waals surface area contributed by atoms with Crippen LogP contribution < -0.4 is 10.5 Å². The third-order valence-corrected chi connectivity index (χ3v) is 2.31. The Morgan fingerprint density at radius 1 is 1.11 bits per heavy atom. The highest BCUT2D eigenvalue weighted by atomic mass is 19.4. The summed E-state index contributed by atoms with van der Waals surface area (Å²) in [6.07, 6.45) is -10.2. The van der Waals surface area contributed by atoms with Gasteiger partial charge in [-0.1, -0.05) is 12.1 Å². The Bertz CT molecular complexity index is 444. The summed E-state index contributed by atoms with van der Waals surface area (Å²) in [6.45, 7) is -1.23. The third kappa shape index (κ3) is 3.51. The summed E-state index contributed by atoms with van der Waals surface area (Å²) in [5.74, 6) is -0.874. The van der Waals surface area contributed by atoms with Crippen molar-refractivity contribution in [3.63, 3.8) is 0 Å². The molecule has 1 rings (SSSR count). The first-order valence-corrected chi connectivity index (χ1v) is 4.85. The summed E-state index contributed by atoms with van der Waals surface area (Å²) in [5, 5.41) is 9.46. The molecule has 0 spiro atoms. The van der Waals surface area contributed by atoms with E-state index < -0.39 is 36.0 Å². The monoisotopic (exact) mass is 289 g/mol. The maximum Gasteiger partial charge on any atom is 0.573 e. The van der Waals surface area contributed by atoms with E-state index in [1.807, 2.05) is 0 Å². The first-order valence-electron chi connectivity index (χ1n) is 4.85. The largest absolute Gasteiger partial charge is 0.573 e. The lowest BCUT2D eigenvalue weighted by Gasteiger charge is -2.29. The average Bonchev–Trinajstić information content (AvgIpc) is 2.24. The topological polar surface area (TPSA) is 55.5 Å². The van der Waals surface area contributed by atoms with E-state index in [9.17, 15) is 31.4 Å². The summed E-state index contributed by atoms with van der Waals surface area (Å²) < 4.78 is 77.3. The lowest BCUT2D eigenvalue weighted by molar-refractivity contribution is -0.275. The minimum Gasteiger partial charge on any atom is -0.406 e. The van der Waals surface area contributed by atoms with Crippen LogP contribution in [-0.4, -0.2) is 24.2 Å². The second kappa shape index (κ2) is 4.89. The molecule has 0 aliphatic heterocycles. The number of hydrogen-bond donors (Lipinski definition) is 2. The summed E-state index contributed by atoms with van der Waals surface area (Å²) in [7, 11) is 0. The van der Waals surface area contributed by atoms with E-state index in [1.165, 1.54) is 0 Å². The van der Waals surface area contributed by atoms with Crippen LogP contribution in [0.15, 0.2) is 24.3 Å². The maximum atomic E-state index is 12.7. The number of rotatable bonds is 3. The Kier molecular flexibility index (Phi) is 4.01. The van der Waals surface area contributed by atoms with Gasteiger partial charge in [0.05, 0.1) is 0 Å². The molecule has 0 radical (unpaired) electrons. The third-order valence-electron chi connectivity index (χ3n) is 2.31. The molecule has 0 aliphatic carbocycles. The van der Waals surface area contributed by atoms with Crippen molar-refractivity contribution in [1.82, 2.24) is 0 Å². The lowest BCUT2D eigenvalue weighted by atomic mass is 9.93. The summed E-state index contributed by atoms with van der Waals surface area (Å²) in [6, 6.07) is 2.95. The number of nitrogens with two attached hydrogens (primary N) is 1. The zero-order chi connectivity index (χ0) is 14.9. The smallest absolute Gasteiger partial charge is 0.406 e. The molecule has 0 saturated heterocycles. The minimum atomic E-state index is -5.13. The minimum absolute atomic E-state index is 0.438. The Balaban J connectivity index is 3.18. The van der Waals surface area contributed by atoms with Crippen molar-refractivity contribution in [1.29, 1.82) is 0 Å². The van der Waals surface area contributed by atoms with Gasteiger partial charge in [0, 0.05) is 6.54 Å². The zero-order valence-corrected chi connectivity index (χ0v) is 9.22. The quantitative estimate of drug-likeness (QED) is 0.839. The van der Waals surface area contributed by atoms with Crippen molar-refractivity contribution in [3.05, 3.63) is 29.8 Å². The molecule has 9 heteroatoms. The molecule has 0 heterocycles. The van der Waals surface area contributed by atoms with Crippen LogP contribution in [0.5, 0.6) is 5.75 Å². The summed E-state index contributed by atoms with van der Waals surface area (Å²) >= 11 is 0. The summed E-state index contributed by atoms with van der Waals surface area (Å²) in [5.41, 5.74) is 0.608. The number of hydrogen-bond acceptors (Lipinski definition) is 3. The van der Waals surface area contributed by atoms with Crippen molar-refractivity contribution < 1.29 is 36.2 Å². The van der Waals surface area contributed by atoms with Crippen molar-refractivity contribution >= 4 is 0 Å². The molecule has 1 aromatic carbocycles. The van der Waals surface area contributed by atoms with Crippen LogP contribution in [0.25, 0.3) is 0 Å². The van der Waals surface area contributed by atoms with E-state index in [4.69, 9.17) is 5.73 Å². The molecular formula is C10H9F6NO2. The number of aliphatic hydroxyl groups is 1. The fourth-order valence-corrected chi connectivity index (χ4v) is 1.35. The van der Waals surface area contributed by atoms with Crippen LogP contribution in [-0.2, 0) is 5.60 Å². The van der Waals surface area contributed by atoms with Gasteiger partial charge in [-0.25, -0.2) is 0 Å².